The molecule has 0 saturated carbocycles. The highest BCUT2D eigenvalue weighted by atomic mass is 16.5. The molecule has 0 aromatic heterocycles. The monoisotopic (exact) mass is 227 g/mol. The molecule has 94 valence electrons. The Hall–Kier alpha value is -0.570. The van der Waals surface area contributed by atoms with E-state index < -0.39 is 0 Å². The van der Waals surface area contributed by atoms with Gasteiger partial charge in [-0.1, -0.05) is 20.8 Å². The maximum absolute atomic E-state index is 12.5. The lowest BCUT2D eigenvalue weighted by Gasteiger charge is -2.38. The van der Waals surface area contributed by atoms with Crippen molar-refractivity contribution in [2.45, 2.75) is 53.5 Å². The molecule has 0 aromatic rings. The average Bonchev–Trinajstić information content (AvgIpc) is 2.23. The van der Waals surface area contributed by atoms with E-state index in [0.29, 0.717) is 13.3 Å². The molecule has 0 bridgehead atoms. The van der Waals surface area contributed by atoms with E-state index in [1.807, 2.05) is 4.90 Å². The van der Waals surface area contributed by atoms with Crippen molar-refractivity contribution >= 4 is 5.91 Å². The van der Waals surface area contributed by atoms with Crippen molar-refractivity contribution in [2.24, 2.45) is 11.3 Å². The number of amides is 1. The van der Waals surface area contributed by atoms with Crippen LogP contribution in [0.2, 0.25) is 0 Å². The Balaban J connectivity index is 2.94. The van der Waals surface area contributed by atoms with Crippen molar-refractivity contribution in [3.63, 3.8) is 0 Å². The summed E-state index contributed by atoms with van der Waals surface area (Å²) in [6, 6.07) is 0. The van der Waals surface area contributed by atoms with Gasteiger partial charge in [0.2, 0.25) is 5.91 Å². The molecule has 1 aliphatic rings. The number of hydrogen-bond acceptors (Lipinski definition) is 2. The van der Waals surface area contributed by atoms with Gasteiger partial charge in [-0.2, -0.15) is 0 Å². The maximum atomic E-state index is 12.5. The fourth-order valence-corrected chi connectivity index (χ4v) is 2.06. The third-order valence-electron chi connectivity index (χ3n) is 3.19. The van der Waals surface area contributed by atoms with Crippen LogP contribution in [-0.2, 0) is 9.53 Å². The van der Waals surface area contributed by atoms with Crippen LogP contribution in [0.25, 0.3) is 0 Å². The zero-order chi connectivity index (χ0) is 12.6. The van der Waals surface area contributed by atoms with Gasteiger partial charge in [-0.05, 0) is 32.6 Å². The van der Waals surface area contributed by atoms with E-state index in [4.69, 9.17) is 4.74 Å². The lowest BCUT2D eigenvalue weighted by Crippen LogP contribution is -2.49. The molecule has 1 saturated heterocycles. The Labute approximate surface area is 99.1 Å². The average molecular weight is 227 g/mol. The molecule has 3 heteroatoms. The van der Waals surface area contributed by atoms with E-state index in [1.165, 1.54) is 0 Å². The molecule has 3 nitrogen and oxygen atoms in total. The molecule has 1 rings (SSSR count). The van der Waals surface area contributed by atoms with Gasteiger partial charge in [0.1, 0.15) is 6.73 Å². The first-order chi connectivity index (χ1) is 7.14. The summed E-state index contributed by atoms with van der Waals surface area (Å²) in [5.41, 5.74) is -0.154. The highest BCUT2D eigenvalue weighted by Gasteiger charge is 2.39. The van der Waals surface area contributed by atoms with E-state index in [0.717, 1.165) is 6.42 Å². The Morgan fingerprint density at radius 3 is 2.19 bits per heavy atom. The fraction of sp³-hybridized carbons (Fsp3) is 0.923. The van der Waals surface area contributed by atoms with Crippen molar-refractivity contribution in [1.82, 2.24) is 4.90 Å². The molecule has 1 aliphatic heterocycles. The minimum absolute atomic E-state index is 0.00822. The molecule has 0 spiro atoms. The molecule has 0 aliphatic carbocycles. The topological polar surface area (TPSA) is 29.5 Å². The molecule has 0 N–H and O–H groups in total. The number of hydrogen-bond donors (Lipinski definition) is 0. The van der Waals surface area contributed by atoms with Crippen LogP contribution in [0.1, 0.15) is 48.0 Å². The van der Waals surface area contributed by atoms with Crippen LogP contribution in [0.15, 0.2) is 0 Å². The molecule has 1 amide bonds. The van der Waals surface area contributed by atoms with Gasteiger partial charge in [0, 0.05) is 18.1 Å². The van der Waals surface area contributed by atoms with Crippen LogP contribution in [0.5, 0.6) is 0 Å². The summed E-state index contributed by atoms with van der Waals surface area (Å²) in [6.07, 6.45) is 0.828. The van der Waals surface area contributed by atoms with Gasteiger partial charge in [-0.15, -0.1) is 0 Å². The zero-order valence-corrected chi connectivity index (χ0v) is 11.5. The summed E-state index contributed by atoms with van der Waals surface area (Å²) in [6.45, 7) is 13.7. The minimum Gasteiger partial charge on any atom is -0.361 e. The van der Waals surface area contributed by atoms with Gasteiger partial charge in [-0.3, -0.25) is 4.79 Å². The number of carbonyl (C=O) groups is 1. The lowest BCUT2D eigenvalue weighted by molar-refractivity contribution is -0.146. The smallest absolute Gasteiger partial charge is 0.228 e. The molecular formula is C13H25NO2. The van der Waals surface area contributed by atoms with Crippen LogP contribution >= 0.6 is 0 Å². The van der Waals surface area contributed by atoms with Crippen LogP contribution in [-0.4, -0.2) is 29.7 Å². The standard InChI is InChI=1S/C13H25NO2/c1-12(2,3)10-7-8-16-9-14(11(10)15)13(4,5)6/h10H,7-9H2,1-6H3. The first-order valence-corrected chi connectivity index (χ1v) is 6.03. The zero-order valence-electron chi connectivity index (χ0n) is 11.5. The predicted molar refractivity (Wildman–Crippen MR) is 65.0 cm³/mol. The van der Waals surface area contributed by atoms with E-state index in [9.17, 15) is 4.79 Å². The number of rotatable bonds is 0. The predicted octanol–water partition coefficient (Wildman–Crippen LogP) is 2.65. The Kier molecular flexibility index (Phi) is 3.68. The summed E-state index contributed by atoms with van der Waals surface area (Å²) >= 11 is 0. The number of ether oxygens (including phenoxy) is 1. The minimum atomic E-state index is -0.162. The van der Waals surface area contributed by atoms with Gasteiger partial charge in [0.25, 0.3) is 0 Å². The van der Waals surface area contributed by atoms with E-state index in [1.54, 1.807) is 0 Å². The first kappa shape index (κ1) is 13.5. The third-order valence-corrected chi connectivity index (χ3v) is 3.19. The second-order valence-electron chi connectivity index (χ2n) is 6.68. The largest absolute Gasteiger partial charge is 0.361 e. The van der Waals surface area contributed by atoms with Crippen LogP contribution in [0.4, 0.5) is 0 Å². The normalized spacial score (nSPS) is 24.5. The third kappa shape index (κ3) is 2.97. The Morgan fingerprint density at radius 1 is 1.19 bits per heavy atom. The molecule has 1 atom stereocenters. The van der Waals surface area contributed by atoms with Gasteiger partial charge in [-0.25, -0.2) is 0 Å². The van der Waals surface area contributed by atoms with Crippen LogP contribution in [0, 0.1) is 11.3 Å². The van der Waals surface area contributed by atoms with E-state index >= 15 is 0 Å². The van der Waals surface area contributed by atoms with Gasteiger partial charge in [0.15, 0.2) is 0 Å². The quantitative estimate of drug-likeness (QED) is 0.636. The summed E-state index contributed by atoms with van der Waals surface area (Å²) in [5.74, 6) is 0.298. The fourth-order valence-electron chi connectivity index (χ4n) is 2.06. The second kappa shape index (κ2) is 4.36. The van der Waals surface area contributed by atoms with Crippen molar-refractivity contribution in [2.75, 3.05) is 13.3 Å². The number of carbonyl (C=O) groups excluding carboxylic acids is 1. The van der Waals surface area contributed by atoms with Crippen LogP contribution < -0.4 is 0 Å². The van der Waals surface area contributed by atoms with E-state index in [-0.39, 0.29) is 22.8 Å². The Morgan fingerprint density at radius 2 is 1.75 bits per heavy atom. The first-order valence-electron chi connectivity index (χ1n) is 6.03. The van der Waals surface area contributed by atoms with E-state index in [2.05, 4.69) is 41.5 Å². The second-order valence-corrected chi connectivity index (χ2v) is 6.68. The molecular weight excluding hydrogens is 202 g/mol. The highest BCUT2D eigenvalue weighted by Crippen LogP contribution is 2.33. The lowest BCUT2D eigenvalue weighted by atomic mass is 9.77. The Bertz CT molecular complexity index is 234. The summed E-state index contributed by atoms with van der Waals surface area (Å²) in [7, 11) is 0. The summed E-state index contributed by atoms with van der Waals surface area (Å²) < 4.78 is 5.53. The maximum Gasteiger partial charge on any atom is 0.228 e. The van der Waals surface area contributed by atoms with Crippen molar-refractivity contribution in [1.29, 1.82) is 0 Å². The molecule has 1 fully saturated rings. The molecule has 0 radical (unpaired) electrons. The van der Waals surface area contributed by atoms with Crippen molar-refractivity contribution in [3.8, 4) is 0 Å². The van der Waals surface area contributed by atoms with Gasteiger partial charge in [0.05, 0.1) is 0 Å². The van der Waals surface area contributed by atoms with Crippen molar-refractivity contribution in [3.05, 3.63) is 0 Å². The highest BCUT2D eigenvalue weighted by molar-refractivity contribution is 5.80. The van der Waals surface area contributed by atoms with Gasteiger partial charge >= 0.3 is 0 Å². The molecule has 1 heterocycles. The van der Waals surface area contributed by atoms with Gasteiger partial charge < -0.3 is 9.64 Å². The van der Waals surface area contributed by atoms with Crippen molar-refractivity contribution < 1.29 is 9.53 Å². The summed E-state index contributed by atoms with van der Waals surface area (Å²) in [4.78, 5) is 14.3. The molecule has 1 unspecified atom stereocenters. The van der Waals surface area contributed by atoms with Crippen LogP contribution in [0.3, 0.4) is 0 Å². The summed E-state index contributed by atoms with van der Waals surface area (Å²) in [5, 5.41) is 0. The SMILES string of the molecule is CC(C)(C)C1CCOCN(C(C)(C)C)C1=O. The molecule has 16 heavy (non-hydrogen) atoms. The molecule has 0 aromatic carbocycles. The number of nitrogens with zero attached hydrogens (tertiary/aromatic N) is 1.